The summed E-state index contributed by atoms with van der Waals surface area (Å²) in [5, 5.41) is 2.91. The molecule has 8 heteroatoms. The van der Waals surface area contributed by atoms with E-state index in [4.69, 9.17) is 14.0 Å². The van der Waals surface area contributed by atoms with Gasteiger partial charge in [-0.05, 0) is 50.1 Å². The quantitative estimate of drug-likeness (QED) is 0.433. The summed E-state index contributed by atoms with van der Waals surface area (Å²) in [5.74, 6) is 1.41. The van der Waals surface area contributed by atoms with Gasteiger partial charge >= 0.3 is 0 Å². The van der Waals surface area contributed by atoms with Crippen LogP contribution in [0.5, 0.6) is 11.5 Å². The summed E-state index contributed by atoms with van der Waals surface area (Å²) in [6, 6.07) is 17.7. The zero-order chi connectivity index (χ0) is 23.4. The topological polar surface area (TPSA) is 95.1 Å². The number of amides is 1. The van der Waals surface area contributed by atoms with Gasteiger partial charge < -0.3 is 19.3 Å². The lowest BCUT2D eigenvalue weighted by Crippen LogP contribution is -2.32. The van der Waals surface area contributed by atoms with Gasteiger partial charge in [0.05, 0.1) is 11.4 Å². The van der Waals surface area contributed by atoms with Crippen molar-refractivity contribution in [2.75, 3.05) is 5.32 Å². The molecule has 0 aliphatic rings. The van der Waals surface area contributed by atoms with Crippen molar-refractivity contribution in [2.24, 2.45) is 0 Å². The van der Waals surface area contributed by atoms with Gasteiger partial charge in [0, 0.05) is 12.1 Å². The normalized spacial score (nSPS) is 11.8. The lowest BCUT2D eigenvalue weighted by molar-refractivity contribution is -0.122. The minimum Gasteiger partial charge on any atom is -0.485 e. The molecule has 2 aromatic heterocycles. The first-order valence-electron chi connectivity index (χ1n) is 10.7. The van der Waals surface area contributed by atoms with Crippen LogP contribution >= 0.6 is 0 Å². The third kappa shape index (κ3) is 5.23. The van der Waals surface area contributed by atoms with Crippen LogP contribution < -0.4 is 20.3 Å². The Morgan fingerprint density at radius 1 is 1.12 bits per heavy atom. The molecule has 0 aliphatic carbocycles. The van der Waals surface area contributed by atoms with E-state index in [1.54, 1.807) is 19.1 Å². The van der Waals surface area contributed by atoms with Gasteiger partial charge in [-0.25, -0.2) is 4.98 Å². The number of ether oxygens (including phenoxy) is 2. The van der Waals surface area contributed by atoms with Crippen LogP contribution in [0.3, 0.4) is 0 Å². The predicted molar refractivity (Wildman–Crippen MR) is 124 cm³/mol. The number of hydrogen-bond donors (Lipinski definition) is 1. The molecule has 0 spiro atoms. The highest BCUT2D eigenvalue weighted by molar-refractivity contribution is 5.95. The summed E-state index contributed by atoms with van der Waals surface area (Å²) < 4.78 is 18.2. The van der Waals surface area contributed by atoms with Crippen molar-refractivity contribution in [3.63, 3.8) is 0 Å². The maximum atomic E-state index is 12.9. The van der Waals surface area contributed by atoms with Crippen molar-refractivity contribution in [2.45, 2.75) is 39.9 Å². The van der Waals surface area contributed by atoms with E-state index < -0.39 is 6.10 Å². The van der Waals surface area contributed by atoms with Crippen molar-refractivity contribution >= 4 is 17.2 Å². The summed E-state index contributed by atoms with van der Waals surface area (Å²) in [6.45, 7) is 5.61. The lowest BCUT2D eigenvalue weighted by atomic mass is 10.2. The number of nitrogens with zero attached hydrogens (tertiary/aromatic N) is 2. The molecule has 0 saturated carbocycles. The van der Waals surface area contributed by atoms with Gasteiger partial charge in [-0.1, -0.05) is 31.2 Å². The van der Waals surface area contributed by atoms with E-state index in [0.29, 0.717) is 40.7 Å². The van der Waals surface area contributed by atoms with Crippen LogP contribution in [-0.4, -0.2) is 21.6 Å². The Labute approximate surface area is 190 Å². The highest BCUT2D eigenvalue weighted by atomic mass is 16.5. The fraction of sp³-hybridized carbons (Fsp3) is 0.240. The van der Waals surface area contributed by atoms with Gasteiger partial charge in [0.15, 0.2) is 11.8 Å². The third-order valence-electron chi connectivity index (χ3n) is 4.98. The molecular weight excluding hydrogens is 422 g/mol. The van der Waals surface area contributed by atoms with Crippen molar-refractivity contribution < 1.29 is 18.8 Å². The molecule has 0 aliphatic heterocycles. The second-order valence-corrected chi connectivity index (χ2v) is 7.69. The second kappa shape index (κ2) is 9.60. The van der Waals surface area contributed by atoms with E-state index >= 15 is 0 Å². The van der Waals surface area contributed by atoms with Gasteiger partial charge in [0.1, 0.15) is 23.9 Å². The second-order valence-electron chi connectivity index (χ2n) is 7.69. The van der Waals surface area contributed by atoms with E-state index in [1.807, 2.05) is 56.3 Å². The Bertz CT molecular complexity index is 1330. The highest BCUT2D eigenvalue weighted by Crippen LogP contribution is 2.27. The molecule has 33 heavy (non-hydrogen) atoms. The van der Waals surface area contributed by atoms with Crippen LogP contribution in [0.15, 0.2) is 70.0 Å². The lowest BCUT2D eigenvalue weighted by Gasteiger charge is -2.19. The average molecular weight is 447 g/mol. The van der Waals surface area contributed by atoms with E-state index in [0.717, 1.165) is 10.1 Å². The molecule has 8 nitrogen and oxygen atoms in total. The molecule has 2 aromatic carbocycles. The van der Waals surface area contributed by atoms with Crippen LogP contribution in [-0.2, 0) is 11.4 Å². The first-order chi connectivity index (χ1) is 15.9. The molecule has 4 aromatic rings. The van der Waals surface area contributed by atoms with Crippen molar-refractivity contribution in [1.29, 1.82) is 0 Å². The number of aryl methyl sites for hydroxylation is 2. The summed E-state index contributed by atoms with van der Waals surface area (Å²) in [5.41, 5.74) is 2.03. The number of hydrogen-bond acceptors (Lipinski definition) is 6. The molecule has 0 bridgehead atoms. The van der Waals surface area contributed by atoms with Crippen LogP contribution in [0, 0.1) is 13.8 Å². The Balaban J connectivity index is 1.50. The molecule has 1 unspecified atom stereocenters. The number of benzene rings is 2. The Hall–Kier alpha value is -4.07. The minimum absolute atomic E-state index is 0.0552. The summed E-state index contributed by atoms with van der Waals surface area (Å²) in [4.78, 5) is 29.6. The number of aromatic nitrogens is 2. The largest absolute Gasteiger partial charge is 0.485 e. The molecule has 2 heterocycles. The van der Waals surface area contributed by atoms with E-state index in [2.05, 4.69) is 10.3 Å². The average Bonchev–Trinajstić information content (AvgIpc) is 3.18. The molecule has 170 valence electrons. The molecule has 1 N–H and O–H groups in total. The molecular formula is C25H25N3O5. The highest BCUT2D eigenvalue weighted by Gasteiger charge is 2.20. The Kier molecular flexibility index (Phi) is 6.44. The predicted octanol–water partition coefficient (Wildman–Crippen LogP) is 4.28. The van der Waals surface area contributed by atoms with Gasteiger partial charge in [0.2, 0.25) is 0 Å². The van der Waals surface area contributed by atoms with E-state index in [9.17, 15) is 9.59 Å². The molecule has 0 radical (unpaired) electrons. The van der Waals surface area contributed by atoms with Crippen LogP contribution in [0.2, 0.25) is 0 Å². The molecule has 4 rings (SSSR count). The van der Waals surface area contributed by atoms with Crippen LogP contribution in [0.25, 0.3) is 5.65 Å². The standard InChI is InChI=1S/C25H25N3O5/c1-4-21(32-19-8-6-5-7-9-19)25(30)27-20-12-16(2)10-11-22(20)31-15-18-14-24(29)28-23(26-18)13-17(3)33-28/h5-14,21H,4,15H2,1-3H3,(H,27,30). The number of fused-ring (bicyclic) bond motifs is 1. The fourth-order valence-corrected chi connectivity index (χ4v) is 3.37. The number of para-hydroxylation sites is 1. The van der Waals surface area contributed by atoms with Crippen LogP contribution in [0.1, 0.15) is 30.4 Å². The number of rotatable bonds is 8. The zero-order valence-corrected chi connectivity index (χ0v) is 18.7. The van der Waals surface area contributed by atoms with Crippen molar-refractivity contribution in [3.8, 4) is 11.5 Å². The summed E-state index contributed by atoms with van der Waals surface area (Å²) in [7, 11) is 0. The Morgan fingerprint density at radius 2 is 1.91 bits per heavy atom. The fourth-order valence-electron chi connectivity index (χ4n) is 3.37. The van der Waals surface area contributed by atoms with Crippen LogP contribution in [0.4, 0.5) is 5.69 Å². The number of carbonyl (C=O) groups excluding carboxylic acids is 1. The summed E-state index contributed by atoms with van der Waals surface area (Å²) in [6.07, 6.45) is -0.157. The maximum Gasteiger partial charge on any atom is 0.287 e. The van der Waals surface area contributed by atoms with Gasteiger partial charge in [-0.3, -0.25) is 9.59 Å². The number of carbonyl (C=O) groups is 1. The van der Waals surface area contributed by atoms with E-state index in [1.165, 1.54) is 6.07 Å². The SMILES string of the molecule is CCC(Oc1ccccc1)C(=O)Nc1cc(C)ccc1OCc1cc(=O)n2oc(C)cc2n1. The maximum absolute atomic E-state index is 12.9. The zero-order valence-electron chi connectivity index (χ0n) is 18.7. The van der Waals surface area contributed by atoms with Gasteiger partial charge in [0.25, 0.3) is 11.5 Å². The molecule has 0 fully saturated rings. The first kappa shape index (κ1) is 22.1. The molecule has 1 atom stereocenters. The number of nitrogens with one attached hydrogen (secondary N) is 1. The van der Waals surface area contributed by atoms with E-state index in [-0.39, 0.29) is 18.1 Å². The minimum atomic E-state index is -0.658. The van der Waals surface area contributed by atoms with Crippen molar-refractivity contribution in [1.82, 2.24) is 9.56 Å². The monoisotopic (exact) mass is 447 g/mol. The molecule has 1 amide bonds. The van der Waals surface area contributed by atoms with Gasteiger partial charge in [-0.2, -0.15) is 0 Å². The van der Waals surface area contributed by atoms with Crippen molar-refractivity contribution in [3.05, 3.63) is 88.0 Å². The number of anilines is 1. The smallest absolute Gasteiger partial charge is 0.287 e. The first-order valence-corrected chi connectivity index (χ1v) is 10.7. The Morgan fingerprint density at radius 3 is 2.67 bits per heavy atom. The third-order valence-corrected chi connectivity index (χ3v) is 4.98. The van der Waals surface area contributed by atoms with Gasteiger partial charge in [-0.15, -0.1) is 4.57 Å². The summed E-state index contributed by atoms with van der Waals surface area (Å²) >= 11 is 0. The molecule has 0 saturated heterocycles.